The molecule has 0 spiro atoms. The molecular formula is C19H15ClN2O3. The minimum Gasteiger partial charge on any atom is -0.450 e. The summed E-state index contributed by atoms with van der Waals surface area (Å²) in [4.78, 5) is 31.9. The van der Waals surface area contributed by atoms with Crippen molar-refractivity contribution in [1.29, 1.82) is 0 Å². The van der Waals surface area contributed by atoms with Crippen LogP contribution in [-0.2, 0) is 0 Å². The number of hydrogen-bond acceptors (Lipinski definition) is 4. The Morgan fingerprint density at radius 3 is 2.76 bits per heavy atom. The average Bonchev–Trinajstić information content (AvgIpc) is 2.90. The standard InChI is InChI=1S/C19H15ClN2O3/c1-3-22-16(13-6-4-5-7-21-13)15-17(23)11-9-12(20)10(2)8-14(11)25-18(15)19(22)24/h4-9,16H,3H2,1-2H3. The molecule has 2 aromatic heterocycles. The maximum absolute atomic E-state index is 13.1. The van der Waals surface area contributed by atoms with E-state index < -0.39 is 6.04 Å². The maximum atomic E-state index is 13.1. The van der Waals surface area contributed by atoms with Crippen molar-refractivity contribution in [1.82, 2.24) is 9.88 Å². The van der Waals surface area contributed by atoms with Gasteiger partial charge in [0.05, 0.1) is 16.6 Å². The number of halogens is 1. The van der Waals surface area contributed by atoms with Crippen molar-refractivity contribution in [3.05, 3.63) is 74.4 Å². The molecular weight excluding hydrogens is 340 g/mol. The zero-order valence-electron chi connectivity index (χ0n) is 13.7. The normalized spacial score (nSPS) is 16.5. The molecule has 1 aliphatic heterocycles. The lowest BCUT2D eigenvalue weighted by atomic mass is 10.0. The predicted octanol–water partition coefficient (Wildman–Crippen LogP) is 3.71. The molecule has 4 rings (SSSR count). The van der Waals surface area contributed by atoms with Gasteiger partial charge in [-0.3, -0.25) is 14.6 Å². The summed E-state index contributed by atoms with van der Waals surface area (Å²) in [5.74, 6) is -0.198. The summed E-state index contributed by atoms with van der Waals surface area (Å²) in [5, 5.41) is 0.867. The SMILES string of the molecule is CCN1C(=O)c2oc3cc(C)c(Cl)cc3c(=O)c2C1c1ccccn1. The number of carbonyl (C=O) groups is 1. The fourth-order valence-corrected chi connectivity index (χ4v) is 3.48. The minimum absolute atomic E-state index is 0.0942. The molecule has 3 heterocycles. The van der Waals surface area contributed by atoms with E-state index in [-0.39, 0.29) is 17.1 Å². The van der Waals surface area contributed by atoms with Gasteiger partial charge in [-0.15, -0.1) is 0 Å². The van der Waals surface area contributed by atoms with Crippen LogP contribution in [0.5, 0.6) is 0 Å². The number of pyridine rings is 1. The predicted molar refractivity (Wildman–Crippen MR) is 95.0 cm³/mol. The highest BCUT2D eigenvalue weighted by atomic mass is 35.5. The molecule has 0 fully saturated rings. The summed E-state index contributed by atoms with van der Waals surface area (Å²) < 4.78 is 5.84. The molecule has 0 radical (unpaired) electrons. The van der Waals surface area contributed by atoms with Crippen molar-refractivity contribution in [3.8, 4) is 0 Å². The van der Waals surface area contributed by atoms with E-state index in [1.165, 1.54) is 0 Å². The third-order valence-corrected chi connectivity index (χ3v) is 4.96. The van der Waals surface area contributed by atoms with Crippen LogP contribution in [-0.4, -0.2) is 22.3 Å². The second-order valence-corrected chi connectivity index (χ2v) is 6.43. The van der Waals surface area contributed by atoms with Crippen LogP contribution in [0.1, 0.15) is 40.3 Å². The first kappa shape index (κ1) is 15.8. The number of carbonyl (C=O) groups excluding carboxylic acids is 1. The fourth-order valence-electron chi connectivity index (χ4n) is 3.31. The largest absolute Gasteiger partial charge is 0.450 e. The highest BCUT2D eigenvalue weighted by Gasteiger charge is 2.42. The minimum atomic E-state index is -0.547. The molecule has 1 unspecified atom stereocenters. The van der Waals surface area contributed by atoms with Crippen LogP contribution in [0.3, 0.4) is 0 Å². The molecule has 3 aromatic rings. The van der Waals surface area contributed by atoms with Crippen LogP contribution < -0.4 is 5.43 Å². The van der Waals surface area contributed by atoms with E-state index in [9.17, 15) is 9.59 Å². The number of amides is 1. The molecule has 0 saturated heterocycles. The molecule has 0 N–H and O–H groups in total. The van der Waals surface area contributed by atoms with Gasteiger partial charge >= 0.3 is 0 Å². The van der Waals surface area contributed by atoms with E-state index >= 15 is 0 Å². The Balaban J connectivity index is 2.06. The van der Waals surface area contributed by atoms with Gasteiger partial charge in [0.15, 0.2) is 5.43 Å². The molecule has 0 saturated carbocycles. The summed E-state index contributed by atoms with van der Waals surface area (Å²) in [6, 6.07) is 8.19. The fraction of sp³-hybridized carbons (Fsp3) is 0.211. The molecule has 5 nitrogen and oxygen atoms in total. The number of nitrogens with zero attached hydrogens (tertiary/aromatic N) is 2. The van der Waals surface area contributed by atoms with Crippen LogP contribution in [0.15, 0.2) is 45.7 Å². The van der Waals surface area contributed by atoms with Crippen LogP contribution >= 0.6 is 11.6 Å². The van der Waals surface area contributed by atoms with Crippen molar-refractivity contribution in [2.45, 2.75) is 19.9 Å². The highest BCUT2D eigenvalue weighted by molar-refractivity contribution is 6.32. The second-order valence-electron chi connectivity index (χ2n) is 6.02. The Kier molecular flexibility index (Phi) is 3.62. The monoisotopic (exact) mass is 354 g/mol. The van der Waals surface area contributed by atoms with Crippen LogP contribution in [0.2, 0.25) is 5.02 Å². The van der Waals surface area contributed by atoms with Crippen molar-refractivity contribution in [2.75, 3.05) is 6.54 Å². The summed E-state index contributed by atoms with van der Waals surface area (Å²) in [6.07, 6.45) is 1.65. The van der Waals surface area contributed by atoms with Crippen molar-refractivity contribution in [2.24, 2.45) is 0 Å². The van der Waals surface area contributed by atoms with E-state index in [0.29, 0.717) is 33.8 Å². The van der Waals surface area contributed by atoms with E-state index in [2.05, 4.69) is 4.98 Å². The maximum Gasteiger partial charge on any atom is 0.290 e. The lowest BCUT2D eigenvalue weighted by Crippen LogP contribution is -2.29. The number of aromatic nitrogens is 1. The number of fused-ring (bicyclic) bond motifs is 2. The van der Waals surface area contributed by atoms with Gasteiger partial charge in [-0.25, -0.2) is 0 Å². The third kappa shape index (κ3) is 2.27. The molecule has 25 heavy (non-hydrogen) atoms. The molecule has 6 heteroatoms. The second kappa shape index (κ2) is 5.70. The summed E-state index contributed by atoms with van der Waals surface area (Å²) in [6.45, 7) is 4.14. The van der Waals surface area contributed by atoms with Gasteiger partial charge in [-0.05, 0) is 43.7 Å². The highest BCUT2D eigenvalue weighted by Crippen LogP contribution is 2.37. The van der Waals surface area contributed by atoms with E-state index in [0.717, 1.165) is 5.56 Å². The van der Waals surface area contributed by atoms with E-state index in [1.54, 1.807) is 29.3 Å². The van der Waals surface area contributed by atoms with Crippen molar-refractivity contribution >= 4 is 28.5 Å². The van der Waals surface area contributed by atoms with Gasteiger partial charge in [-0.2, -0.15) is 0 Å². The molecule has 1 amide bonds. The van der Waals surface area contributed by atoms with Gasteiger partial charge in [-0.1, -0.05) is 17.7 Å². The average molecular weight is 355 g/mol. The lowest BCUT2D eigenvalue weighted by Gasteiger charge is -2.22. The van der Waals surface area contributed by atoms with Crippen LogP contribution in [0, 0.1) is 6.92 Å². The zero-order valence-corrected chi connectivity index (χ0v) is 14.5. The third-order valence-electron chi connectivity index (χ3n) is 4.56. The molecule has 1 aromatic carbocycles. The number of hydrogen-bond donors (Lipinski definition) is 0. The van der Waals surface area contributed by atoms with Crippen LogP contribution in [0.25, 0.3) is 11.0 Å². The van der Waals surface area contributed by atoms with Gasteiger partial charge in [0, 0.05) is 17.8 Å². The summed E-state index contributed by atoms with van der Waals surface area (Å²) in [5.41, 5.74) is 1.89. The molecule has 0 aliphatic carbocycles. The molecule has 1 aliphatic rings. The molecule has 0 bridgehead atoms. The zero-order chi connectivity index (χ0) is 17.7. The summed E-state index contributed by atoms with van der Waals surface area (Å²) >= 11 is 6.18. The Morgan fingerprint density at radius 1 is 1.28 bits per heavy atom. The lowest BCUT2D eigenvalue weighted by molar-refractivity contribution is 0.0735. The first-order chi connectivity index (χ1) is 12.0. The Morgan fingerprint density at radius 2 is 2.08 bits per heavy atom. The number of aryl methyl sites for hydroxylation is 1. The smallest absolute Gasteiger partial charge is 0.290 e. The van der Waals surface area contributed by atoms with E-state index in [1.807, 2.05) is 26.0 Å². The van der Waals surface area contributed by atoms with E-state index in [4.69, 9.17) is 16.0 Å². The number of benzene rings is 1. The number of rotatable bonds is 2. The van der Waals surface area contributed by atoms with Gasteiger partial charge in [0.2, 0.25) is 5.76 Å². The van der Waals surface area contributed by atoms with Crippen LogP contribution in [0.4, 0.5) is 0 Å². The Hall–Kier alpha value is -2.66. The van der Waals surface area contributed by atoms with Gasteiger partial charge < -0.3 is 9.32 Å². The molecule has 1 atom stereocenters. The Labute approximate surface area is 148 Å². The first-order valence-corrected chi connectivity index (χ1v) is 8.39. The van der Waals surface area contributed by atoms with Gasteiger partial charge in [0.25, 0.3) is 5.91 Å². The van der Waals surface area contributed by atoms with Crippen molar-refractivity contribution in [3.63, 3.8) is 0 Å². The first-order valence-electron chi connectivity index (χ1n) is 8.01. The topological polar surface area (TPSA) is 63.4 Å². The molecule has 126 valence electrons. The quantitative estimate of drug-likeness (QED) is 0.703. The Bertz CT molecular complexity index is 1060. The van der Waals surface area contributed by atoms with Gasteiger partial charge in [0.1, 0.15) is 11.6 Å². The summed E-state index contributed by atoms with van der Waals surface area (Å²) in [7, 11) is 0. The van der Waals surface area contributed by atoms with Crippen molar-refractivity contribution < 1.29 is 9.21 Å².